The third kappa shape index (κ3) is 1.70. The monoisotopic (exact) mass is 186 g/mol. The maximum atomic E-state index is 10.9. The molecule has 3 nitrogen and oxygen atoms in total. The quantitative estimate of drug-likeness (QED) is 0.528. The number of aliphatic hydroxyl groups is 1. The maximum absolute atomic E-state index is 10.9. The van der Waals surface area contributed by atoms with Crippen LogP contribution in [0.4, 0.5) is 0 Å². The van der Waals surface area contributed by atoms with Crippen molar-refractivity contribution in [2.24, 2.45) is 0 Å². The molecule has 0 aromatic rings. The minimum atomic E-state index is -1.07. The average molecular weight is 186 g/mol. The van der Waals surface area contributed by atoms with Crippen LogP contribution in [-0.4, -0.2) is 23.1 Å². The Balaban J connectivity index is 2.71. The molecule has 4 heteroatoms. The van der Waals surface area contributed by atoms with Gasteiger partial charge in [-0.25, -0.2) is 4.79 Å². The molecular weight excluding hydrogens is 176 g/mol. The lowest BCUT2D eigenvalue weighted by Crippen LogP contribution is -2.08. The van der Waals surface area contributed by atoms with Crippen LogP contribution in [0.5, 0.6) is 0 Å². The molecule has 1 heterocycles. The molecular formula is C8H10O3S. The van der Waals surface area contributed by atoms with Crippen molar-refractivity contribution in [1.82, 2.24) is 0 Å². The molecule has 0 radical (unpaired) electrons. The molecule has 1 unspecified atom stereocenters. The van der Waals surface area contributed by atoms with Gasteiger partial charge in [-0.1, -0.05) is 6.08 Å². The second-order valence-electron chi connectivity index (χ2n) is 2.35. The molecule has 1 aliphatic rings. The fourth-order valence-electron chi connectivity index (χ4n) is 0.857. The van der Waals surface area contributed by atoms with E-state index in [1.54, 1.807) is 13.0 Å². The van der Waals surface area contributed by atoms with E-state index in [4.69, 9.17) is 0 Å². The Morgan fingerprint density at radius 3 is 2.92 bits per heavy atom. The summed E-state index contributed by atoms with van der Waals surface area (Å²) in [6.45, 7) is 5.18. The molecule has 0 spiro atoms. The second-order valence-corrected chi connectivity index (χ2v) is 3.41. The number of ether oxygens (including phenoxy) is 1. The summed E-state index contributed by atoms with van der Waals surface area (Å²) in [5, 5.41) is 9.20. The standard InChI is InChI=1S/C8H10O3S/c1-3-4-12-6-5(2)7(9)11-8(6)10/h3,8,10H,1,4H2,2H3. The summed E-state index contributed by atoms with van der Waals surface area (Å²) < 4.78 is 4.57. The molecule has 66 valence electrons. The topological polar surface area (TPSA) is 46.5 Å². The maximum Gasteiger partial charge on any atom is 0.337 e. The molecule has 12 heavy (non-hydrogen) atoms. The second kappa shape index (κ2) is 3.78. The molecule has 0 amide bonds. The number of hydrogen-bond acceptors (Lipinski definition) is 4. The zero-order valence-corrected chi connectivity index (χ0v) is 7.56. The SMILES string of the molecule is C=CCSC1=C(C)C(=O)OC1O. The van der Waals surface area contributed by atoms with Gasteiger partial charge in [-0.3, -0.25) is 0 Å². The van der Waals surface area contributed by atoms with Gasteiger partial charge in [0, 0.05) is 11.3 Å². The van der Waals surface area contributed by atoms with E-state index in [1.165, 1.54) is 11.8 Å². The third-order valence-corrected chi connectivity index (χ3v) is 2.70. The van der Waals surface area contributed by atoms with E-state index in [0.717, 1.165) is 0 Å². The van der Waals surface area contributed by atoms with Crippen molar-refractivity contribution < 1.29 is 14.6 Å². The van der Waals surface area contributed by atoms with Gasteiger partial charge in [-0.05, 0) is 6.92 Å². The van der Waals surface area contributed by atoms with Crippen LogP contribution in [0.1, 0.15) is 6.92 Å². The van der Waals surface area contributed by atoms with E-state index in [1.807, 2.05) is 0 Å². The molecule has 1 rings (SSSR count). The van der Waals surface area contributed by atoms with Gasteiger partial charge in [0.15, 0.2) is 0 Å². The minimum absolute atomic E-state index is 0.436. The Morgan fingerprint density at radius 1 is 1.83 bits per heavy atom. The first-order valence-corrected chi connectivity index (χ1v) is 4.49. The fraction of sp³-hybridized carbons (Fsp3) is 0.375. The molecule has 0 saturated heterocycles. The lowest BCUT2D eigenvalue weighted by Gasteiger charge is -2.04. The van der Waals surface area contributed by atoms with E-state index >= 15 is 0 Å². The minimum Gasteiger partial charge on any atom is -0.427 e. The molecule has 0 aliphatic carbocycles. The van der Waals surface area contributed by atoms with Crippen LogP contribution in [-0.2, 0) is 9.53 Å². The van der Waals surface area contributed by atoms with E-state index in [0.29, 0.717) is 16.2 Å². The molecule has 1 aliphatic heterocycles. The molecule has 1 N–H and O–H groups in total. The summed E-state index contributed by atoms with van der Waals surface area (Å²) in [5.41, 5.74) is 0.495. The van der Waals surface area contributed by atoms with Crippen LogP contribution < -0.4 is 0 Å². The molecule has 1 atom stereocenters. The van der Waals surface area contributed by atoms with E-state index in [-0.39, 0.29) is 0 Å². The summed E-state index contributed by atoms with van der Waals surface area (Å²) in [5.74, 6) is 0.231. The normalized spacial score (nSPS) is 22.8. The Morgan fingerprint density at radius 2 is 2.50 bits per heavy atom. The molecule has 0 aromatic heterocycles. The van der Waals surface area contributed by atoms with E-state index < -0.39 is 12.3 Å². The summed E-state index contributed by atoms with van der Waals surface area (Å²) >= 11 is 1.37. The van der Waals surface area contributed by atoms with Crippen LogP contribution in [0.2, 0.25) is 0 Å². The number of carbonyl (C=O) groups excluding carboxylic acids is 1. The van der Waals surface area contributed by atoms with Crippen LogP contribution in [0.15, 0.2) is 23.1 Å². The lowest BCUT2D eigenvalue weighted by atomic mass is 10.3. The predicted octanol–water partition coefficient (Wildman–Crippen LogP) is 1.05. The van der Waals surface area contributed by atoms with Gasteiger partial charge in [0.05, 0.1) is 4.91 Å². The van der Waals surface area contributed by atoms with Gasteiger partial charge in [-0.15, -0.1) is 18.3 Å². The van der Waals surface area contributed by atoms with Crippen LogP contribution in [0.3, 0.4) is 0 Å². The van der Waals surface area contributed by atoms with Crippen molar-refractivity contribution in [3.05, 3.63) is 23.1 Å². The van der Waals surface area contributed by atoms with Crippen LogP contribution >= 0.6 is 11.8 Å². The lowest BCUT2D eigenvalue weighted by molar-refractivity contribution is -0.151. The van der Waals surface area contributed by atoms with Crippen molar-refractivity contribution in [2.45, 2.75) is 13.2 Å². The Hall–Kier alpha value is -0.740. The average Bonchev–Trinajstić information content (AvgIpc) is 2.25. The zero-order valence-electron chi connectivity index (χ0n) is 6.74. The fourth-order valence-corrected chi connectivity index (χ4v) is 1.65. The van der Waals surface area contributed by atoms with Gasteiger partial charge >= 0.3 is 5.97 Å². The predicted molar refractivity (Wildman–Crippen MR) is 47.5 cm³/mol. The Kier molecular flexibility index (Phi) is 2.94. The first-order valence-electron chi connectivity index (χ1n) is 3.50. The first-order chi connectivity index (χ1) is 5.66. The number of rotatable bonds is 3. The first kappa shape index (κ1) is 9.35. The highest BCUT2D eigenvalue weighted by atomic mass is 32.2. The summed E-state index contributed by atoms with van der Waals surface area (Å²) in [4.78, 5) is 11.5. The number of carbonyl (C=O) groups is 1. The van der Waals surface area contributed by atoms with Crippen LogP contribution in [0.25, 0.3) is 0 Å². The van der Waals surface area contributed by atoms with Gasteiger partial charge in [0.25, 0.3) is 0 Å². The molecule has 0 bridgehead atoms. The van der Waals surface area contributed by atoms with Gasteiger partial charge in [0.1, 0.15) is 0 Å². The van der Waals surface area contributed by atoms with Gasteiger partial charge < -0.3 is 9.84 Å². The van der Waals surface area contributed by atoms with E-state index in [2.05, 4.69) is 11.3 Å². The highest BCUT2D eigenvalue weighted by Gasteiger charge is 2.29. The smallest absolute Gasteiger partial charge is 0.337 e. The molecule has 0 fully saturated rings. The highest BCUT2D eigenvalue weighted by Crippen LogP contribution is 2.30. The number of thioether (sulfide) groups is 1. The van der Waals surface area contributed by atoms with Crippen molar-refractivity contribution in [1.29, 1.82) is 0 Å². The number of cyclic esters (lactones) is 1. The number of aliphatic hydroxyl groups excluding tert-OH is 1. The van der Waals surface area contributed by atoms with E-state index in [9.17, 15) is 9.90 Å². The Bertz CT molecular complexity index is 245. The van der Waals surface area contributed by atoms with Crippen molar-refractivity contribution >= 4 is 17.7 Å². The Labute approximate surface area is 75.1 Å². The zero-order chi connectivity index (χ0) is 9.14. The van der Waals surface area contributed by atoms with Gasteiger partial charge in [-0.2, -0.15) is 0 Å². The highest BCUT2D eigenvalue weighted by molar-refractivity contribution is 8.03. The van der Waals surface area contributed by atoms with Gasteiger partial charge in [0.2, 0.25) is 6.29 Å². The van der Waals surface area contributed by atoms with Crippen molar-refractivity contribution in [2.75, 3.05) is 5.75 Å². The van der Waals surface area contributed by atoms with Crippen molar-refractivity contribution in [3.63, 3.8) is 0 Å². The number of esters is 1. The largest absolute Gasteiger partial charge is 0.427 e. The third-order valence-electron chi connectivity index (χ3n) is 1.48. The summed E-state index contributed by atoms with van der Waals surface area (Å²) in [6.07, 6.45) is 0.642. The summed E-state index contributed by atoms with van der Waals surface area (Å²) in [7, 11) is 0. The molecule has 0 saturated carbocycles. The molecule has 0 aromatic carbocycles. The van der Waals surface area contributed by atoms with Crippen LogP contribution in [0, 0.1) is 0 Å². The summed E-state index contributed by atoms with van der Waals surface area (Å²) in [6, 6.07) is 0. The number of hydrogen-bond donors (Lipinski definition) is 1. The van der Waals surface area contributed by atoms with Crippen molar-refractivity contribution in [3.8, 4) is 0 Å².